The van der Waals surface area contributed by atoms with Crippen molar-refractivity contribution in [2.24, 2.45) is 5.73 Å². The molecule has 0 radical (unpaired) electrons. The molecule has 0 aromatic carbocycles. The number of aryl methyl sites for hydroxylation is 2. The van der Waals surface area contributed by atoms with Gasteiger partial charge < -0.3 is 5.73 Å². The van der Waals surface area contributed by atoms with E-state index in [0.717, 1.165) is 31.0 Å². The fraction of sp³-hybridized carbons (Fsp3) is 0.800. The first-order valence-corrected chi connectivity index (χ1v) is 5.41. The normalized spacial score (nSPS) is 23.2. The molecule has 0 saturated heterocycles. The molecular weight excluding hydrogens is 176 g/mol. The monoisotopic (exact) mass is 194 g/mol. The maximum absolute atomic E-state index is 5.95. The first-order valence-electron chi connectivity index (χ1n) is 5.41. The molecular formula is C10H18N4. The Kier molecular flexibility index (Phi) is 2.54. The number of fused-ring (bicyclic) bond motifs is 1. The molecule has 2 rings (SSSR count). The fourth-order valence-corrected chi connectivity index (χ4v) is 2.08. The van der Waals surface area contributed by atoms with Crippen LogP contribution in [0.1, 0.15) is 44.3 Å². The van der Waals surface area contributed by atoms with Gasteiger partial charge in [-0.3, -0.25) is 0 Å². The highest BCUT2D eigenvalue weighted by Crippen LogP contribution is 2.27. The second kappa shape index (κ2) is 3.69. The summed E-state index contributed by atoms with van der Waals surface area (Å²) in [5.74, 6) is 2.45. The molecule has 2 heterocycles. The highest BCUT2D eigenvalue weighted by Gasteiger charge is 2.26. The van der Waals surface area contributed by atoms with E-state index >= 15 is 0 Å². The minimum Gasteiger partial charge on any atom is -0.327 e. The van der Waals surface area contributed by atoms with Crippen molar-refractivity contribution in [3.63, 3.8) is 0 Å². The Morgan fingerprint density at radius 2 is 2.43 bits per heavy atom. The van der Waals surface area contributed by atoms with Crippen LogP contribution in [-0.4, -0.2) is 20.8 Å². The van der Waals surface area contributed by atoms with Gasteiger partial charge in [-0.05, 0) is 19.8 Å². The van der Waals surface area contributed by atoms with E-state index in [1.54, 1.807) is 0 Å². The zero-order valence-electron chi connectivity index (χ0n) is 8.90. The predicted molar refractivity (Wildman–Crippen MR) is 55.0 cm³/mol. The van der Waals surface area contributed by atoms with Crippen LogP contribution in [-0.2, 0) is 13.0 Å². The topological polar surface area (TPSA) is 56.7 Å². The van der Waals surface area contributed by atoms with Crippen LogP contribution in [0.25, 0.3) is 0 Å². The Balaban J connectivity index is 2.33. The molecule has 0 spiro atoms. The van der Waals surface area contributed by atoms with Gasteiger partial charge in [0, 0.05) is 24.9 Å². The average molecular weight is 194 g/mol. The van der Waals surface area contributed by atoms with Gasteiger partial charge >= 0.3 is 0 Å². The van der Waals surface area contributed by atoms with Crippen LogP contribution in [0, 0.1) is 0 Å². The summed E-state index contributed by atoms with van der Waals surface area (Å²) in [7, 11) is 0. The quantitative estimate of drug-likeness (QED) is 0.766. The zero-order valence-corrected chi connectivity index (χ0v) is 8.90. The van der Waals surface area contributed by atoms with Gasteiger partial charge in [0.1, 0.15) is 5.82 Å². The van der Waals surface area contributed by atoms with Crippen molar-refractivity contribution in [3.05, 3.63) is 11.6 Å². The summed E-state index contributed by atoms with van der Waals surface area (Å²) in [5, 5.41) is 4.45. The fourth-order valence-electron chi connectivity index (χ4n) is 2.08. The first-order chi connectivity index (χ1) is 6.72. The molecule has 4 heteroatoms. The highest BCUT2D eigenvalue weighted by atomic mass is 15.4. The number of hydrogen-bond acceptors (Lipinski definition) is 3. The van der Waals surface area contributed by atoms with Gasteiger partial charge in [0.25, 0.3) is 0 Å². The van der Waals surface area contributed by atoms with Gasteiger partial charge in [-0.2, -0.15) is 5.10 Å². The van der Waals surface area contributed by atoms with E-state index in [1.807, 2.05) is 4.68 Å². The summed E-state index contributed by atoms with van der Waals surface area (Å²) < 4.78 is 2.04. The van der Waals surface area contributed by atoms with E-state index in [1.165, 1.54) is 6.42 Å². The zero-order chi connectivity index (χ0) is 10.1. The predicted octanol–water partition coefficient (Wildman–Crippen LogP) is 1.07. The van der Waals surface area contributed by atoms with Crippen LogP contribution in [0.4, 0.5) is 0 Å². The maximum atomic E-state index is 5.95. The molecule has 1 aliphatic heterocycles. The van der Waals surface area contributed by atoms with Crippen molar-refractivity contribution < 1.29 is 0 Å². The first kappa shape index (κ1) is 9.65. The van der Waals surface area contributed by atoms with Gasteiger partial charge in [0.2, 0.25) is 0 Å². The lowest BCUT2D eigenvalue weighted by Crippen LogP contribution is -2.30. The van der Waals surface area contributed by atoms with Gasteiger partial charge in [0.05, 0.1) is 0 Å². The Labute approximate surface area is 84.5 Å². The molecule has 0 fully saturated rings. The molecule has 2 atom stereocenters. The minimum atomic E-state index is 0.183. The molecule has 78 valence electrons. The lowest BCUT2D eigenvalue weighted by Gasteiger charge is -2.24. The van der Waals surface area contributed by atoms with Gasteiger partial charge in [-0.25, -0.2) is 9.67 Å². The van der Waals surface area contributed by atoms with E-state index < -0.39 is 0 Å². The third kappa shape index (κ3) is 1.54. The summed E-state index contributed by atoms with van der Waals surface area (Å²) >= 11 is 0. The van der Waals surface area contributed by atoms with Gasteiger partial charge in [0.15, 0.2) is 5.82 Å². The standard InChI is InChI=1S/C10H18N4/c1-3-9-12-10-8(7(2)11)5-4-6-14(10)13-9/h7-8H,3-6,11H2,1-2H3. The second-order valence-corrected chi connectivity index (χ2v) is 4.07. The molecule has 1 aliphatic rings. The largest absolute Gasteiger partial charge is 0.327 e. The van der Waals surface area contributed by atoms with Crippen molar-refractivity contribution in [1.29, 1.82) is 0 Å². The molecule has 0 bridgehead atoms. The van der Waals surface area contributed by atoms with Crippen molar-refractivity contribution >= 4 is 0 Å². The van der Waals surface area contributed by atoms with Crippen molar-refractivity contribution in [2.45, 2.75) is 51.6 Å². The van der Waals surface area contributed by atoms with Crippen molar-refractivity contribution in [3.8, 4) is 0 Å². The van der Waals surface area contributed by atoms with Crippen LogP contribution in [0.15, 0.2) is 0 Å². The number of nitrogens with zero attached hydrogens (tertiary/aromatic N) is 3. The molecule has 0 amide bonds. The summed E-state index contributed by atoms with van der Waals surface area (Å²) in [6.07, 6.45) is 3.23. The Hall–Kier alpha value is -0.900. The molecule has 14 heavy (non-hydrogen) atoms. The number of hydrogen-bond donors (Lipinski definition) is 1. The van der Waals surface area contributed by atoms with Crippen LogP contribution in [0.3, 0.4) is 0 Å². The van der Waals surface area contributed by atoms with Crippen LogP contribution < -0.4 is 5.73 Å². The molecule has 2 N–H and O–H groups in total. The van der Waals surface area contributed by atoms with E-state index in [0.29, 0.717) is 5.92 Å². The van der Waals surface area contributed by atoms with E-state index in [4.69, 9.17) is 5.73 Å². The van der Waals surface area contributed by atoms with Gasteiger partial charge in [-0.1, -0.05) is 6.92 Å². The van der Waals surface area contributed by atoms with Crippen molar-refractivity contribution in [1.82, 2.24) is 14.8 Å². The smallest absolute Gasteiger partial charge is 0.150 e. The third-order valence-corrected chi connectivity index (χ3v) is 2.91. The molecule has 4 nitrogen and oxygen atoms in total. The maximum Gasteiger partial charge on any atom is 0.150 e. The van der Waals surface area contributed by atoms with Crippen molar-refractivity contribution in [2.75, 3.05) is 0 Å². The van der Waals surface area contributed by atoms with Gasteiger partial charge in [-0.15, -0.1) is 0 Å². The Morgan fingerprint density at radius 3 is 3.07 bits per heavy atom. The lowest BCUT2D eigenvalue weighted by molar-refractivity contribution is 0.382. The highest BCUT2D eigenvalue weighted by molar-refractivity contribution is 5.05. The molecule has 0 aliphatic carbocycles. The summed E-state index contributed by atoms with van der Waals surface area (Å²) in [6.45, 7) is 5.15. The molecule has 1 aromatic rings. The lowest BCUT2D eigenvalue weighted by atomic mass is 9.93. The number of rotatable bonds is 2. The van der Waals surface area contributed by atoms with Crippen LogP contribution in [0.2, 0.25) is 0 Å². The number of nitrogens with two attached hydrogens (primary N) is 1. The summed E-state index contributed by atoms with van der Waals surface area (Å²) in [5.41, 5.74) is 5.95. The Bertz CT molecular complexity index is 316. The summed E-state index contributed by atoms with van der Waals surface area (Å²) in [6, 6.07) is 0.183. The Morgan fingerprint density at radius 1 is 1.64 bits per heavy atom. The second-order valence-electron chi connectivity index (χ2n) is 4.07. The molecule has 2 unspecified atom stereocenters. The number of aromatic nitrogens is 3. The minimum absolute atomic E-state index is 0.183. The molecule has 0 saturated carbocycles. The third-order valence-electron chi connectivity index (χ3n) is 2.91. The molecule has 1 aromatic heterocycles. The van der Waals surface area contributed by atoms with E-state index in [-0.39, 0.29) is 6.04 Å². The SMILES string of the molecule is CCc1nc2n(n1)CCCC2C(C)N. The van der Waals surface area contributed by atoms with E-state index in [2.05, 4.69) is 23.9 Å². The van der Waals surface area contributed by atoms with Crippen LogP contribution in [0.5, 0.6) is 0 Å². The van der Waals surface area contributed by atoms with E-state index in [9.17, 15) is 0 Å². The van der Waals surface area contributed by atoms with Crippen LogP contribution >= 0.6 is 0 Å². The average Bonchev–Trinajstić information content (AvgIpc) is 2.59. The summed E-state index contributed by atoms with van der Waals surface area (Å²) in [4.78, 5) is 4.54.